The van der Waals surface area contributed by atoms with Crippen molar-refractivity contribution in [2.45, 2.75) is 260 Å². The zero-order valence-corrected chi connectivity index (χ0v) is 80.6. The highest BCUT2D eigenvalue weighted by Gasteiger charge is 2.47. The number of ether oxygens (including phenoxy) is 6. The number of fused-ring (bicyclic) bond motifs is 9. The summed E-state index contributed by atoms with van der Waals surface area (Å²) < 4.78 is 34.4. The SMILES string of the molecule is C=Cc1cc2cc([C@@H](C)OC(=O)C3(C)CCCN(C(=O)[C@H](C)NC(=O)[C@@H](NC(=O)[C@H](C)[C@@H](/C=C/C)OC)C(C)C)N3)ccc2cn1.CO[C@@H]1/C=C/c2cc3cc(ccc3cn2)[C@@H](C)OC(=O)[C@@]2(C)CCCN(N2)C(=O)[C@H](C)NC(=O)[C@H](C(C)C)CC(=O)[C@@H]1C.CO[C@@H]1/C=C/c2cc3cc(ccc3cn2)[C@@H](C)OC(=O)[C@]2(C)CCCN(N2)C(=O)[C@H](C)NC(=O)[C@H](C(C)C)CC(=O)[C@@H]1C. The number of carbonyl (C=O) groups excluding carboxylic acids is 12. The molecule has 7 N–H and O–H groups in total. The summed E-state index contributed by atoms with van der Waals surface area (Å²) in [4.78, 5) is 174. The lowest BCUT2D eigenvalue weighted by Crippen LogP contribution is -2.65. The number of pyridine rings is 3. The molecule has 714 valence electrons. The van der Waals surface area contributed by atoms with Gasteiger partial charge in [-0.3, -0.25) is 73.1 Å². The summed E-state index contributed by atoms with van der Waals surface area (Å²) in [6.07, 6.45) is 17.9. The molecule has 3 fully saturated rings. The Morgan fingerprint density at radius 2 is 1.01 bits per heavy atom. The van der Waals surface area contributed by atoms with Crippen molar-refractivity contribution >= 4 is 121 Å². The van der Waals surface area contributed by atoms with Crippen molar-refractivity contribution in [2.75, 3.05) is 41.0 Å². The Morgan fingerprint density at radius 1 is 0.553 bits per heavy atom. The highest BCUT2D eigenvalue weighted by Crippen LogP contribution is 2.34. The van der Waals surface area contributed by atoms with Crippen LogP contribution in [0.4, 0.5) is 0 Å². The third-order valence-corrected chi connectivity index (χ3v) is 25.8. The van der Waals surface area contributed by atoms with Crippen LogP contribution in [-0.2, 0) is 86.0 Å². The van der Waals surface area contributed by atoms with Crippen molar-refractivity contribution in [1.82, 2.24) is 67.5 Å². The van der Waals surface area contributed by atoms with Crippen LogP contribution >= 0.6 is 0 Å². The lowest BCUT2D eigenvalue weighted by Gasteiger charge is -2.41. The van der Waals surface area contributed by atoms with Crippen LogP contribution in [-0.4, -0.2) is 201 Å². The molecule has 1 unspecified atom stereocenters. The van der Waals surface area contributed by atoms with Crippen LogP contribution in [0.2, 0.25) is 0 Å². The van der Waals surface area contributed by atoms with Crippen LogP contribution in [0.3, 0.4) is 0 Å². The molecule has 7 amide bonds. The van der Waals surface area contributed by atoms with E-state index >= 15 is 0 Å². The second-order valence-corrected chi connectivity index (χ2v) is 37.3. The van der Waals surface area contributed by atoms with Crippen molar-refractivity contribution in [3.63, 3.8) is 0 Å². The summed E-state index contributed by atoms with van der Waals surface area (Å²) in [5, 5.41) is 21.0. The Kier molecular flexibility index (Phi) is 36.6. The van der Waals surface area contributed by atoms with E-state index in [1.165, 1.54) is 22.1 Å². The van der Waals surface area contributed by atoms with Crippen LogP contribution in [0.15, 0.2) is 122 Å². The van der Waals surface area contributed by atoms with E-state index < -0.39 is 137 Å². The molecule has 3 aromatic heterocycles. The van der Waals surface area contributed by atoms with Gasteiger partial charge in [-0.1, -0.05) is 130 Å². The summed E-state index contributed by atoms with van der Waals surface area (Å²) in [6.45, 7) is 38.6. The number of nitrogens with zero attached hydrogens (tertiary/aromatic N) is 6. The predicted octanol–water partition coefficient (Wildman–Crippen LogP) is 12.5. The van der Waals surface area contributed by atoms with Crippen molar-refractivity contribution in [3.05, 3.63) is 156 Å². The highest BCUT2D eigenvalue weighted by atomic mass is 16.6. The molecule has 31 heteroatoms. The van der Waals surface area contributed by atoms with Gasteiger partial charge in [0.15, 0.2) is 0 Å². The molecule has 132 heavy (non-hydrogen) atoms. The van der Waals surface area contributed by atoms with E-state index in [-0.39, 0.29) is 71.7 Å². The standard InChI is InChI=1S/C35H49N5O6.2C33H44N4O6/c1-10-13-29(45-9)22(5)31(41)38-30(21(3)4)32(42)37-23(6)33(43)40-17-12-16-35(8,39-40)34(44)46-24(7)25-14-15-26-20-36-28(11-2)19-27(26)18-25;2*1-19(2)27-17-28(38)20(3)29(42-7)12-11-26-16-25-15-23(9-10-24(25)18-34-26)22(5)43-32(41)33(6)13-8-14-37(36-33)31(40)21(4)35-30(27)39/h10-11,13-15,18-24,29-30,39H,2,12,16-17H2,1,3-9H3,(H,37,42)(H,38,41);2*9-12,15-16,18-22,27,29,36H,8,13-14,17H2,1-7H3,(H,35,39)/b13-10+;2*12-11+/t22-,23+,24-,29-,30+,35?;20-,21-,22+,27-,29+,33+;20-,21-,22+,27-,29+,33-/m100/s1. The van der Waals surface area contributed by atoms with E-state index in [4.69, 9.17) is 28.4 Å². The largest absolute Gasteiger partial charge is 0.456 e. The summed E-state index contributed by atoms with van der Waals surface area (Å²) in [5.74, 6) is -7.64. The lowest BCUT2D eigenvalue weighted by molar-refractivity contribution is -0.165. The van der Waals surface area contributed by atoms with Gasteiger partial charge in [0.05, 0.1) is 41.3 Å². The molecule has 0 aliphatic carbocycles. The van der Waals surface area contributed by atoms with Crippen molar-refractivity contribution < 1.29 is 86.0 Å². The van der Waals surface area contributed by atoms with Gasteiger partial charge >= 0.3 is 17.9 Å². The van der Waals surface area contributed by atoms with Gasteiger partial charge in [-0.2, -0.15) is 0 Å². The number of methoxy groups -OCH3 is 3. The summed E-state index contributed by atoms with van der Waals surface area (Å²) in [7, 11) is 4.62. The zero-order chi connectivity index (χ0) is 97.1. The van der Waals surface area contributed by atoms with Crippen LogP contribution in [0.5, 0.6) is 0 Å². The Balaban J connectivity index is 0.000000223. The van der Waals surface area contributed by atoms with E-state index in [0.29, 0.717) is 69.5 Å². The molecule has 5 aliphatic heterocycles. The molecule has 8 heterocycles. The minimum atomic E-state index is -1.15. The third kappa shape index (κ3) is 26.4. The maximum atomic E-state index is 13.5. The minimum absolute atomic E-state index is 0.0142. The number of hydrazine groups is 3. The number of hydrogen-bond donors (Lipinski definition) is 7. The number of cyclic esters (lactones) is 2. The average molecular weight is 1820 g/mol. The summed E-state index contributed by atoms with van der Waals surface area (Å²) in [5.41, 5.74) is 10.4. The van der Waals surface area contributed by atoms with Gasteiger partial charge in [0.1, 0.15) is 70.7 Å². The van der Waals surface area contributed by atoms with Gasteiger partial charge < -0.3 is 49.7 Å². The van der Waals surface area contributed by atoms with Gasteiger partial charge in [-0.25, -0.2) is 30.7 Å². The van der Waals surface area contributed by atoms with E-state index in [2.05, 4.69) is 59.1 Å². The monoisotopic (exact) mass is 1820 g/mol. The number of allylic oxidation sites excluding steroid dienone is 1. The number of rotatable bonds is 17. The molecule has 0 saturated carbocycles. The maximum Gasteiger partial charge on any atom is 0.328 e. The second kappa shape index (κ2) is 46.3. The summed E-state index contributed by atoms with van der Waals surface area (Å²) in [6, 6.07) is 19.7. The number of carbonyl (C=O) groups is 12. The highest BCUT2D eigenvalue weighted by molar-refractivity contribution is 5.96. The van der Waals surface area contributed by atoms with E-state index in [1.807, 2.05) is 166 Å². The van der Waals surface area contributed by atoms with Gasteiger partial charge in [0.25, 0.3) is 17.7 Å². The molecule has 3 saturated heterocycles. The lowest BCUT2D eigenvalue weighted by atomic mass is 9.85. The van der Waals surface area contributed by atoms with Crippen LogP contribution in [0.1, 0.15) is 235 Å². The summed E-state index contributed by atoms with van der Waals surface area (Å²) >= 11 is 0. The molecule has 31 nitrogen and oxygen atoms in total. The first-order valence-electron chi connectivity index (χ1n) is 46.0. The fraction of sp³-hybridized carbons (Fsp3) is 0.535. The quantitative estimate of drug-likeness (QED) is 0.0253. The Morgan fingerprint density at radius 3 is 1.45 bits per heavy atom. The van der Waals surface area contributed by atoms with Gasteiger partial charge in [0.2, 0.25) is 23.6 Å². The minimum Gasteiger partial charge on any atom is -0.456 e. The molecule has 10 bridgehead atoms. The van der Waals surface area contributed by atoms with Crippen LogP contribution in [0, 0.1) is 47.3 Å². The Labute approximate surface area is 775 Å². The smallest absolute Gasteiger partial charge is 0.328 e. The number of benzene rings is 3. The van der Waals surface area contributed by atoms with Crippen molar-refractivity contribution in [1.29, 1.82) is 0 Å². The molecule has 5 aliphatic rings. The first-order chi connectivity index (χ1) is 62.4. The molecule has 18 atom stereocenters. The zero-order valence-electron chi connectivity index (χ0n) is 80.6. The van der Waals surface area contributed by atoms with E-state index in [9.17, 15) is 57.5 Å². The number of Topliss-reactive ketones (excluding diaryl/α,β-unsaturated/α-hetero) is 2. The van der Waals surface area contributed by atoms with Gasteiger partial charge in [0, 0.05) is 112 Å². The molecule has 11 rings (SSSR count). The first-order valence-corrected chi connectivity index (χ1v) is 46.0. The number of aromatic nitrogens is 3. The average Bonchev–Trinajstić information content (AvgIpc) is 0.802. The molecule has 6 aromatic rings. The molecular formula is C101H137N13O18. The van der Waals surface area contributed by atoms with Gasteiger partial charge in [-0.05, 0) is 213 Å². The Hall–Kier alpha value is -11.4. The normalized spacial score (nSPS) is 26.9. The molecule has 0 radical (unpaired) electrons. The topological polar surface area (TPSA) is 393 Å². The molecule has 3 aromatic carbocycles. The second-order valence-electron chi connectivity index (χ2n) is 37.3. The number of hydrogen-bond acceptors (Lipinski definition) is 24. The van der Waals surface area contributed by atoms with Crippen molar-refractivity contribution in [2.24, 2.45) is 47.3 Å². The van der Waals surface area contributed by atoms with Crippen molar-refractivity contribution in [3.8, 4) is 0 Å². The number of ketones is 2. The van der Waals surface area contributed by atoms with Crippen LogP contribution < -0.4 is 37.5 Å². The third-order valence-electron chi connectivity index (χ3n) is 25.8. The van der Waals surface area contributed by atoms with E-state index in [0.717, 1.165) is 54.7 Å². The first kappa shape index (κ1) is 104. The number of esters is 3. The van der Waals surface area contributed by atoms with Crippen LogP contribution in [0.25, 0.3) is 50.5 Å². The predicted molar refractivity (Wildman–Crippen MR) is 505 cm³/mol. The number of nitrogens with one attached hydrogen (secondary N) is 7. The maximum absolute atomic E-state index is 13.5. The fourth-order valence-electron chi connectivity index (χ4n) is 16.8. The molecular weight excluding hydrogens is 1680 g/mol. The Bertz CT molecular complexity index is 5070. The molecule has 0 spiro atoms. The van der Waals surface area contributed by atoms with Gasteiger partial charge in [-0.15, -0.1) is 0 Å². The number of amides is 7. The van der Waals surface area contributed by atoms with E-state index in [1.54, 1.807) is 113 Å². The fourth-order valence-corrected chi connectivity index (χ4v) is 16.8.